The maximum atomic E-state index is 6.24. The minimum atomic E-state index is 0.380. The Kier molecular flexibility index (Phi) is 3.70. The number of anilines is 1. The van der Waals surface area contributed by atoms with E-state index in [0.717, 1.165) is 12.0 Å². The molecule has 106 valence electrons. The second-order valence-corrected chi connectivity index (χ2v) is 5.57. The minimum absolute atomic E-state index is 0.380. The fraction of sp³-hybridized carbons (Fsp3) is 0.125. The number of rotatable bonds is 2. The van der Waals surface area contributed by atoms with Crippen LogP contribution in [0.1, 0.15) is 12.5 Å². The molecule has 0 fully saturated rings. The number of benzene rings is 2. The van der Waals surface area contributed by atoms with Gasteiger partial charge < -0.3 is 5.73 Å². The van der Waals surface area contributed by atoms with Crippen LogP contribution in [0.25, 0.3) is 22.3 Å². The highest BCUT2D eigenvalue weighted by Crippen LogP contribution is 2.32. The molecule has 21 heavy (non-hydrogen) atoms. The lowest BCUT2D eigenvalue weighted by molar-refractivity contribution is 1.12. The molecule has 0 aliphatic carbocycles. The van der Waals surface area contributed by atoms with Crippen LogP contribution in [0.2, 0.25) is 10.0 Å². The SMILES string of the molecule is CCc1ccccc1-c1nc(N)c2cc(Cl)cc(Cl)c2n1. The summed E-state index contributed by atoms with van der Waals surface area (Å²) in [7, 11) is 0. The number of nitrogens with two attached hydrogens (primary N) is 1. The highest BCUT2D eigenvalue weighted by Gasteiger charge is 2.13. The second-order valence-electron chi connectivity index (χ2n) is 4.73. The van der Waals surface area contributed by atoms with Crippen molar-refractivity contribution < 1.29 is 0 Å². The summed E-state index contributed by atoms with van der Waals surface area (Å²) in [6, 6.07) is 11.4. The number of aromatic nitrogens is 2. The lowest BCUT2D eigenvalue weighted by Gasteiger charge is -2.10. The van der Waals surface area contributed by atoms with E-state index < -0.39 is 0 Å². The number of fused-ring (bicyclic) bond motifs is 1. The normalized spacial score (nSPS) is 11.0. The van der Waals surface area contributed by atoms with Crippen molar-refractivity contribution in [2.75, 3.05) is 5.73 Å². The van der Waals surface area contributed by atoms with Gasteiger partial charge in [0.25, 0.3) is 0 Å². The Labute approximate surface area is 132 Å². The molecule has 1 aromatic heterocycles. The number of nitrogens with zero attached hydrogens (tertiary/aromatic N) is 2. The minimum Gasteiger partial charge on any atom is -0.383 e. The lowest BCUT2D eigenvalue weighted by Crippen LogP contribution is -2.00. The van der Waals surface area contributed by atoms with Crippen LogP contribution in [-0.2, 0) is 6.42 Å². The maximum absolute atomic E-state index is 6.24. The van der Waals surface area contributed by atoms with E-state index in [0.29, 0.717) is 32.6 Å². The van der Waals surface area contributed by atoms with E-state index in [1.54, 1.807) is 12.1 Å². The number of nitrogen functional groups attached to an aromatic ring is 1. The van der Waals surface area contributed by atoms with Crippen LogP contribution in [0.3, 0.4) is 0 Å². The molecule has 0 atom stereocenters. The van der Waals surface area contributed by atoms with Gasteiger partial charge >= 0.3 is 0 Å². The van der Waals surface area contributed by atoms with Crippen LogP contribution >= 0.6 is 23.2 Å². The van der Waals surface area contributed by atoms with Crippen molar-refractivity contribution in [2.45, 2.75) is 13.3 Å². The van der Waals surface area contributed by atoms with Crippen molar-refractivity contribution in [3.8, 4) is 11.4 Å². The Balaban J connectivity index is 2.30. The van der Waals surface area contributed by atoms with E-state index in [9.17, 15) is 0 Å². The summed E-state index contributed by atoms with van der Waals surface area (Å²) in [6.07, 6.45) is 0.895. The summed E-state index contributed by atoms with van der Waals surface area (Å²) < 4.78 is 0. The molecule has 0 aliphatic heterocycles. The monoisotopic (exact) mass is 317 g/mol. The molecule has 0 saturated carbocycles. The Morgan fingerprint density at radius 2 is 1.86 bits per heavy atom. The molecule has 1 heterocycles. The summed E-state index contributed by atoms with van der Waals surface area (Å²) in [6.45, 7) is 2.09. The third-order valence-electron chi connectivity index (χ3n) is 3.39. The molecule has 5 heteroatoms. The summed E-state index contributed by atoms with van der Waals surface area (Å²) in [5, 5.41) is 1.66. The van der Waals surface area contributed by atoms with E-state index in [1.165, 1.54) is 5.56 Å². The van der Waals surface area contributed by atoms with Gasteiger partial charge in [-0.25, -0.2) is 9.97 Å². The first-order valence-electron chi connectivity index (χ1n) is 6.60. The van der Waals surface area contributed by atoms with Gasteiger partial charge in [0, 0.05) is 16.0 Å². The molecule has 0 unspecified atom stereocenters. The summed E-state index contributed by atoms with van der Waals surface area (Å²) in [5.41, 5.74) is 8.81. The molecular weight excluding hydrogens is 305 g/mol. The van der Waals surface area contributed by atoms with Gasteiger partial charge in [-0.15, -0.1) is 0 Å². The number of hydrogen-bond donors (Lipinski definition) is 1. The van der Waals surface area contributed by atoms with E-state index in [1.807, 2.05) is 18.2 Å². The summed E-state index contributed by atoms with van der Waals surface area (Å²) >= 11 is 12.2. The first-order chi connectivity index (χ1) is 10.1. The first-order valence-corrected chi connectivity index (χ1v) is 7.36. The molecule has 0 spiro atoms. The van der Waals surface area contributed by atoms with Gasteiger partial charge in [0.1, 0.15) is 5.82 Å². The highest BCUT2D eigenvalue weighted by molar-refractivity contribution is 6.38. The highest BCUT2D eigenvalue weighted by atomic mass is 35.5. The summed E-state index contributed by atoms with van der Waals surface area (Å²) in [5.74, 6) is 0.965. The van der Waals surface area contributed by atoms with Crippen molar-refractivity contribution in [3.63, 3.8) is 0 Å². The predicted octanol–water partition coefficient (Wildman–Crippen LogP) is 4.75. The van der Waals surface area contributed by atoms with Crippen LogP contribution in [0.4, 0.5) is 5.82 Å². The number of aryl methyl sites for hydroxylation is 1. The van der Waals surface area contributed by atoms with Crippen LogP contribution in [0, 0.1) is 0 Å². The third-order valence-corrected chi connectivity index (χ3v) is 3.89. The predicted molar refractivity (Wildman–Crippen MR) is 88.8 cm³/mol. The van der Waals surface area contributed by atoms with Gasteiger partial charge in [0.2, 0.25) is 0 Å². The van der Waals surface area contributed by atoms with E-state index >= 15 is 0 Å². The van der Waals surface area contributed by atoms with Crippen LogP contribution in [0.15, 0.2) is 36.4 Å². The maximum Gasteiger partial charge on any atom is 0.162 e. The van der Waals surface area contributed by atoms with E-state index in [-0.39, 0.29) is 0 Å². The molecule has 0 amide bonds. The first kappa shape index (κ1) is 14.1. The molecule has 0 bridgehead atoms. The largest absolute Gasteiger partial charge is 0.383 e. The molecule has 0 saturated heterocycles. The Morgan fingerprint density at radius 3 is 2.62 bits per heavy atom. The van der Waals surface area contributed by atoms with Gasteiger partial charge in [-0.3, -0.25) is 0 Å². The second kappa shape index (κ2) is 5.51. The Bertz CT molecular complexity index is 831. The van der Waals surface area contributed by atoms with Crippen LogP contribution in [0.5, 0.6) is 0 Å². The van der Waals surface area contributed by atoms with Crippen LogP contribution < -0.4 is 5.73 Å². The van der Waals surface area contributed by atoms with Gasteiger partial charge in [0.05, 0.1) is 10.5 Å². The topological polar surface area (TPSA) is 51.8 Å². The average Bonchev–Trinajstić information content (AvgIpc) is 2.48. The zero-order chi connectivity index (χ0) is 15.0. The molecule has 3 aromatic rings. The molecular formula is C16H13Cl2N3. The standard InChI is InChI=1S/C16H13Cl2N3/c1-2-9-5-3-4-6-11(9)16-20-14-12(15(19)21-16)7-10(17)8-13(14)18/h3-8H,2H2,1H3,(H2,19,20,21). The average molecular weight is 318 g/mol. The zero-order valence-electron chi connectivity index (χ0n) is 11.4. The van der Waals surface area contributed by atoms with E-state index in [2.05, 4.69) is 23.0 Å². The van der Waals surface area contributed by atoms with Gasteiger partial charge in [-0.2, -0.15) is 0 Å². The van der Waals surface area contributed by atoms with Gasteiger partial charge in [-0.05, 0) is 24.1 Å². The smallest absolute Gasteiger partial charge is 0.162 e. The van der Waals surface area contributed by atoms with Crippen molar-refractivity contribution in [1.82, 2.24) is 9.97 Å². The molecule has 2 N–H and O–H groups in total. The van der Waals surface area contributed by atoms with Crippen molar-refractivity contribution in [3.05, 3.63) is 52.0 Å². The quantitative estimate of drug-likeness (QED) is 0.742. The Hall–Kier alpha value is -1.84. The van der Waals surface area contributed by atoms with Gasteiger partial charge in [-0.1, -0.05) is 54.4 Å². The molecule has 2 aromatic carbocycles. The Morgan fingerprint density at radius 1 is 1.10 bits per heavy atom. The fourth-order valence-electron chi connectivity index (χ4n) is 2.35. The van der Waals surface area contributed by atoms with E-state index in [4.69, 9.17) is 28.9 Å². The third kappa shape index (κ3) is 2.55. The zero-order valence-corrected chi connectivity index (χ0v) is 12.9. The molecule has 0 aliphatic rings. The number of hydrogen-bond acceptors (Lipinski definition) is 3. The summed E-state index contributed by atoms with van der Waals surface area (Å²) in [4.78, 5) is 8.99. The molecule has 0 radical (unpaired) electrons. The van der Waals surface area contributed by atoms with Gasteiger partial charge in [0.15, 0.2) is 5.82 Å². The molecule has 3 rings (SSSR count). The van der Waals surface area contributed by atoms with Crippen molar-refractivity contribution in [1.29, 1.82) is 0 Å². The molecule has 3 nitrogen and oxygen atoms in total. The van der Waals surface area contributed by atoms with Crippen molar-refractivity contribution in [2.24, 2.45) is 0 Å². The fourth-order valence-corrected chi connectivity index (χ4v) is 2.88. The lowest BCUT2D eigenvalue weighted by atomic mass is 10.0. The van der Waals surface area contributed by atoms with Crippen molar-refractivity contribution >= 4 is 39.9 Å². The number of halogens is 2. The van der Waals surface area contributed by atoms with Crippen LogP contribution in [-0.4, -0.2) is 9.97 Å².